The van der Waals surface area contributed by atoms with Crippen LogP contribution >= 0.6 is 11.6 Å². The summed E-state index contributed by atoms with van der Waals surface area (Å²) in [5, 5.41) is 7.51. The minimum Gasteiger partial charge on any atom is -0.323 e. The van der Waals surface area contributed by atoms with E-state index in [1.54, 1.807) is 17.7 Å². The number of carbonyl (C=O) groups is 1. The van der Waals surface area contributed by atoms with Crippen molar-refractivity contribution in [3.05, 3.63) is 52.3 Å². The predicted octanol–water partition coefficient (Wildman–Crippen LogP) is 3.16. The first kappa shape index (κ1) is 18.7. The van der Waals surface area contributed by atoms with Gasteiger partial charge in [0.25, 0.3) is 0 Å². The second-order valence-electron chi connectivity index (χ2n) is 6.48. The van der Waals surface area contributed by atoms with E-state index >= 15 is 0 Å². The summed E-state index contributed by atoms with van der Waals surface area (Å²) in [5.74, 6) is -0.0794. The van der Waals surface area contributed by atoms with E-state index in [1.165, 1.54) is 6.08 Å². The van der Waals surface area contributed by atoms with Crippen LogP contribution in [-0.2, 0) is 14.6 Å². The fourth-order valence-corrected chi connectivity index (χ4v) is 5.06. The maximum absolute atomic E-state index is 12.1. The third kappa shape index (κ3) is 4.16. The molecule has 0 unspecified atom stereocenters. The van der Waals surface area contributed by atoms with E-state index in [1.807, 2.05) is 31.2 Å². The van der Waals surface area contributed by atoms with Gasteiger partial charge in [-0.3, -0.25) is 4.79 Å². The Balaban J connectivity index is 1.75. The average Bonchev–Trinajstić information content (AvgIpc) is 3.05. The van der Waals surface area contributed by atoms with Crippen molar-refractivity contribution in [2.75, 3.05) is 16.8 Å². The summed E-state index contributed by atoms with van der Waals surface area (Å²) in [4.78, 5) is 12.1. The number of aromatic nitrogens is 2. The lowest BCUT2D eigenvalue weighted by Gasteiger charge is -2.09. The highest BCUT2D eigenvalue weighted by Crippen LogP contribution is 2.30. The molecule has 1 N–H and O–H groups in total. The van der Waals surface area contributed by atoms with Crippen LogP contribution in [0, 0.1) is 13.8 Å². The highest BCUT2D eigenvalue weighted by Gasteiger charge is 2.31. The molecule has 1 aromatic heterocycles. The number of carbonyl (C=O) groups excluding carboxylic acids is 1. The SMILES string of the molecule is Cc1cccc(NC(=O)/C=C/c2c(C)nn([C@@H]3CCS(=O)(=O)C3)c2Cl)c1. The van der Waals surface area contributed by atoms with Gasteiger partial charge in [0.05, 0.1) is 23.2 Å². The zero-order chi connectivity index (χ0) is 18.9. The van der Waals surface area contributed by atoms with Crippen LogP contribution in [0.25, 0.3) is 6.08 Å². The van der Waals surface area contributed by atoms with E-state index in [0.29, 0.717) is 28.5 Å². The first-order chi connectivity index (χ1) is 12.2. The van der Waals surface area contributed by atoms with Crippen molar-refractivity contribution in [2.24, 2.45) is 0 Å². The second-order valence-corrected chi connectivity index (χ2v) is 9.07. The molecular formula is C18H20ClN3O3S. The summed E-state index contributed by atoms with van der Waals surface area (Å²) >= 11 is 6.39. The molecule has 3 rings (SSSR count). The molecule has 1 aliphatic rings. The molecule has 1 aromatic carbocycles. The lowest BCUT2D eigenvalue weighted by molar-refractivity contribution is -0.111. The fourth-order valence-electron chi connectivity index (χ4n) is 3.00. The van der Waals surface area contributed by atoms with Crippen molar-refractivity contribution in [2.45, 2.75) is 26.3 Å². The van der Waals surface area contributed by atoms with Crippen LogP contribution in [0.2, 0.25) is 5.15 Å². The first-order valence-corrected chi connectivity index (χ1v) is 10.5. The molecule has 0 saturated carbocycles. The molecular weight excluding hydrogens is 374 g/mol. The first-order valence-electron chi connectivity index (χ1n) is 8.26. The molecule has 138 valence electrons. The second kappa shape index (κ2) is 7.25. The van der Waals surface area contributed by atoms with Crippen LogP contribution in [0.1, 0.15) is 29.3 Å². The third-order valence-corrected chi connectivity index (χ3v) is 6.44. The average molecular weight is 394 g/mol. The molecule has 1 aliphatic heterocycles. The van der Waals surface area contributed by atoms with Crippen LogP contribution in [0.15, 0.2) is 30.3 Å². The molecule has 8 heteroatoms. The van der Waals surface area contributed by atoms with Crippen molar-refractivity contribution in [1.29, 1.82) is 0 Å². The van der Waals surface area contributed by atoms with E-state index in [0.717, 1.165) is 5.56 Å². The number of hydrogen-bond donors (Lipinski definition) is 1. The number of hydrogen-bond acceptors (Lipinski definition) is 4. The predicted molar refractivity (Wildman–Crippen MR) is 103 cm³/mol. The number of rotatable bonds is 4. The van der Waals surface area contributed by atoms with Crippen molar-refractivity contribution in [1.82, 2.24) is 9.78 Å². The van der Waals surface area contributed by atoms with Gasteiger partial charge in [0.1, 0.15) is 5.15 Å². The minimum atomic E-state index is -3.03. The molecule has 0 spiro atoms. The molecule has 1 saturated heterocycles. The van der Waals surface area contributed by atoms with Gasteiger partial charge in [0, 0.05) is 17.3 Å². The van der Waals surface area contributed by atoms with E-state index in [-0.39, 0.29) is 23.5 Å². The van der Waals surface area contributed by atoms with Crippen molar-refractivity contribution < 1.29 is 13.2 Å². The summed E-state index contributed by atoms with van der Waals surface area (Å²) in [6, 6.07) is 7.26. The monoisotopic (exact) mass is 393 g/mol. The fraction of sp³-hybridized carbons (Fsp3) is 0.333. The Morgan fingerprint density at radius 1 is 1.38 bits per heavy atom. The standard InChI is InChI=1S/C18H20ClN3O3S/c1-12-4-3-5-14(10-12)20-17(23)7-6-16-13(2)21-22(18(16)19)15-8-9-26(24,25)11-15/h3-7,10,15H,8-9,11H2,1-2H3,(H,20,23)/b7-6+/t15-/m1/s1. The van der Waals surface area contributed by atoms with E-state index < -0.39 is 9.84 Å². The lowest BCUT2D eigenvalue weighted by Crippen LogP contribution is -2.12. The molecule has 0 aliphatic carbocycles. The van der Waals surface area contributed by atoms with Crippen LogP contribution in [0.3, 0.4) is 0 Å². The normalized spacial score (nSPS) is 19.1. The topological polar surface area (TPSA) is 81.1 Å². The summed E-state index contributed by atoms with van der Waals surface area (Å²) in [7, 11) is -3.03. The van der Waals surface area contributed by atoms with Gasteiger partial charge >= 0.3 is 0 Å². The number of nitrogens with one attached hydrogen (secondary N) is 1. The molecule has 1 fully saturated rings. The quantitative estimate of drug-likeness (QED) is 0.809. The van der Waals surface area contributed by atoms with Crippen molar-refractivity contribution in [3.63, 3.8) is 0 Å². The van der Waals surface area contributed by atoms with Gasteiger partial charge in [-0.05, 0) is 44.0 Å². The zero-order valence-corrected chi connectivity index (χ0v) is 16.1. The highest BCUT2D eigenvalue weighted by molar-refractivity contribution is 7.91. The summed E-state index contributed by atoms with van der Waals surface area (Å²) in [6.07, 6.45) is 3.50. The van der Waals surface area contributed by atoms with E-state index in [4.69, 9.17) is 11.6 Å². The van der Waals surface area contributed by atoms with Gasteiger partial charge in [-0.25, -0.2) is 13.1 Å². The maximum atomic E-state index is 12.1. The van der Waals surface area contributed by atoms with E-state index in [2.05, 4.69) is 10.4 Å². The van der Waals surface area contributed by atoms with Crippen LogP contribution in [-0.4, -0.2) is 35.6 Å². The smallest absolute Gasteiger partial charge is 0.248 e. The Kier molecular flexibility index (Phi) is 5.20. The third-order valence-electron chi connectivity index (χ3n) is 4.31. The Bertz CT molecular complexity index is 980. The van der Waals surface area contributed by atoms with Crippen LogP contribution in [0.4, 0.5) is 5.69 Å². The molecule has 2 aromatic rings. The Morgan fingerprint density at radius 3 is 2.81 bits per heavy atom. The van der Waals surface area contributed by atoms with Gasteiger partial charge in [-0.2, -0.15) is 5.10 Å². The molecule has 2 heterocycles. The van der Waals surface area contributed by atoms with Gasteiger partial charge in [0.15, 0.2) is 9.84 Å². The molecule has 6 nitrogen and oxygen atoms in total. The molecule has 1 atom stereocenters. The Morgan fingerprint density at radius 2 is 2.15 bits per heavy atom. The van der Waals surface area contributed by atoms with E-state index in [9.17, 15) is 13.2 Å². The number of benzene rings is 1. The molecule has 1 amide bonds. The van der Waals surface area contributed by atoms with Gasteiger partial charge in [-0.15, -0.1) is 0 Å². The Labute approximate surface area is 157 Å². The lowest BCUT2D eigenvalue weighted by atomic mass is 10.2. The number of nitrogens with zero attached hydrogens (tertiary/aromatic N) is 2. The molecule has 26 heavy (non-hydrogen) atoms. The maximum Gasteiger partial charge on any atom is 0.248 e. The minimum absolute atomic E-state index is 0.0465. The number of anilines is 1. The van der Waals surface area contributed by atoms with Gasteiger partial charge < -0.3 is 5.32 Å². The summed E-state index contributed by atoms with van der Waals surface area (Å²) in [6.45, 7) is 3.73. The zero-order valence-electron chi connectivity index (χ0n) is 14.6. The highest BCUT2D eigenvalue weighted by atomic mass is 35.5. The van der Waals surface area contributed by atoms with Crippen LogP contribution < -0.4 is 5.32 Å². The number of amides is 1. The van der Waals surface area contributed by atoms with Gasteiger partial charge in [-0.1, -0.05) is 23.7 Å². The summed E-state index contributed by atoms with van der Waals surface area (Å²) < 4.78 is 24.9. The number of halogens is 1. The number of aryl methyl sites for hydroxylation is 2. The Hall–Kier alpha value is -2.12. The number of sulfone groups is 1. The molecule has 0 bridgehead atoms. The molecule has 0 radical (unpaired) electrons. The van der Waals surface area contributed by atoms with Crippen LogP contribution in [0.5, 0.6) is 0 Å². The van der Waals surface area contributed by atoms with Crippen molar-refractivity contribution >= 4 is 39.1 Å². The summed E-state index contributed by atoms with van der Waals surface area (Å²) in [5.41, 5.74) is 3.04. The van der Waals surface area contributed by atoms with Crippen molar-refractivity contribution in [3.8, 4) is 0 Å². The largest absolute Gasteiger partial charge is 0.323 e. The van der Waals surface area contributed by atoms with Gasteiger partial charge in [0.2, 0.25) is 5.91 Å².